The van der Waals surface area contributed by atoms with E-state index in [1.165, 1.54) is 23.5 Å². The molecule has 0 spiro atoms. The van der Waals surface area contributed by atoms with Crippen molar-refractivity contribution >= 4 is 34.9 Å². The van der Waals surface area contributed by atoms with Gasteiger partial charge in [-0.3, -0.25) is 0 Å². The van der Waals surface area contributed by atoms with Gasteiger partial charge in [0.1, 0.15) is 11.6 Å². The van der Waals surface area contributed by atoms with Crippen molar-refractivity contribution in [2.45, 2.75) is 31.1 Å². The number of hydrogen-bond acceptors (Lipinski definition) is 7. The molecule has 5 nitrogen and oxygen atoms in total. The smallest absolute Gasteiger partial charge is 0.222 e. The third-order valence-corrected chi connectivity index (χ3v) is 7.24. The predicted molar refractivity (Wildman–Crippen MR) is 133 cm³/mol. The molecule has 0 radical (unpaired) electrons. The van der Waals surface area contributed by atoms with Crippen molar-refractivity contribution in [2.75, 3.05) is 17.1 Å². The minimum Gasteiger partial charge on any atom is -0.357 e. The van der Waals surface area contributed by atoms with Crippen molar-refractivity contribution in [3.05, 3.63) is 71.1 Å². The molecule has 2 aromatic carbocycles. The molecule has 10 heteroatoms. The van der Waals surface area contributed by atoms with Crippen LogP contribution in [0, 0.1) is 17.5 Å². The van der Waals surface area contributed by atoms with E-state index in [2.05, 4.69) is 20.0 Å². The molecule has 0 bridgehead atoms. The summed E-state index contributed by atoms with van der Waals surface area (Å²) in [7, 11) is 1.72. The quantitative estimate of drug-likeness (QED) is 0.274. The Morgan fingerprint density at radius 3 is 2.32 bits per heavy atom. The van der Waals surface area contributed by atoms with Gasteiger partial charge < -0.3 is 10.0 Å². The van der Waals surface area contributed by atoms with E-state index in [4.69, 9.17) is 4.98 Å². The molecule has 0 unspecified atom stereocenters. The Hall–Kier alpha value is -3.11. The number of rotatable bonds is 6. The highest BCUT2D eigenvalue weighted by Crippen LogP contribution is 2.42. The van der Waals surface area contributed by atoms with E-state index in [0.717, 1.165) is 17.1 Å². The van der Waals surface area contributed by atoms with Crippen LogP contribution < -0.4 is 10.0 Å². The summed E-state index contributed by atoms with van der Waals surface area (Å²) >= 11 is 2.11. The summed E-state index contributed by atoms with van der Waals surface area (Å²) in [5.41, 5.74) is 1.13. The number of aromatic nitrogens is 3. The van der Waals surface area contributed by atoms with Gasteiger partial charge >= 0.3 is 0 Å². The Morgan fingerprint density at radius 1 is 0.941 bits per heavy atom. The van der Waals surface area contributed by atoms with Crippen molar-refractivity contribution < 1.29 is 13.2 Å². The topological polar surface area (TPSA) is 62.7 Å². The van der Waals surface area contributed by atoms with Gasteiger partial charge in [0.15, 0.2) is 5.82 Å². The minimum atomic E-state index is -0.727. The summed E-state index contributed by atoms with van der Waals surface area (Å²) in [5.74, 6) is -1.60. The summed E-state index contributed by atoms with van der Waals surface area (Å²) in [5, 5.41) is 3.73. The van der Waals surface area contributed by atoms with Crippen molar-refractivity contribution in [3.63, 3.8) is 0 Å². The monoisotopic (exact) mass is 501 g/mol. The van der Waals surface area contributed by atoms with Crippen molar-refractivity contribution in [3.8, 4) is 21.8 Å². The normalized spacial score (nSPS) is 11.5. The Labute approximate surface area is 204 Å². The molecule has 0 saturated carbocycles. The van der Waals surface area contributed by atoms with Crippen LogP contribution in [-0.4, -0.2) is 22.0 Å². The molecule has 176 valence electrons. The summed E-state index contributed by atoms with van der Waals surface area (Å²) in [6.07, 6.45) is 1.63. The molecular formula is C24H22F3N5S2. The molecule has 0 aliphatic rings. The third-order valence-electron chi connectivity index (χ3n) is 4.82. The summed E-state index contributed by atoms with van der Waals surface area (Å²) in [4.78, 5) is 13.9. The van der Waals surface area contributed by atoms with Crippen molar-refractivity contribution in [1.82, 2.24) is 15.0 Å². The number of anilines is 2. The molecule has 0 aliphatic heterocycles. The predicted octanol–water partition coefficient (Wildman–Crippen LogP) is 7.14. The van der Waals surface area contributed by atoms with Gasteiger partial charge in [0.05, 0.1) is 31.9 Å². The number of halogens is 3. The number of thiazole rings is 1. The average molecular weight is 502 g/mol. The van der Waals surface area contributed by atoms with E-state index in [-0.39, 0.29) is 21.6 Å². The average Bonchev–Trinajstić information content (AvgIpc) is 3.26. The van der Waals surface area contributed by atoms with Gasteiger partial charge in [-0.2, -0.15) is 0 Å². The fourth-order valence-electron chi connectivity index (χ4n) is 3.08. The van der Waals surface area contributed by atoms with Crippen LogP contribution in [0.2, 0.25) is 0 Å². The number of hydrogen-bond donors (Lipinski definition) is 2. The number of nitrogens with one attached hydrogen (secondary N) is 2. The Balaban J connectivity index is 1.77. The SMILES string of the molecule is CNc1nccc(-c2sc(C(C)(C)C)nc2-c2cccc(NSc3c(F)cccc3F)c2F)n1. The number of benzene rings is 2. The van der Waals surface area contributed by atoms with Gasteiger partial charge in [-0.05, 0) is 42.3 Å². The van der Waals surface area contributed by atoms with Crippen molar-refractivity contribution in [1.29, 1.82) is 0 Å². The number of nitrogens with zero attached hydrogens (tertiary/aromatic N) is 3. The lowest BCUT2D eigenvalue weighted by molar-refractivity contribution is 0.541. The molecule has 0 fully saturated rings. The molecular weight excluding hydrogens is 479 g/mol. The fourth-order valence-corrected chi connectivity index (χ4v) is 4.89. The van der Waals surface area contributed by atoms with E-state index < -0.39 is 17.5 Å². The van der Waals surface area contributed by atoms with Gasteiger partial charge in [0.25, 0.3) is 0 Å². The van der Waals surface area contributed by atoms with E-state index in [9.17, 15) is 8.78 Å². The van der Waals surface area contributed by atoms with E-state index in [1.54, 1.807) is 31.4 Å². The highest BCUT2D eigenvalue weighted by atomic mass is 32.2. The van der Waals surface area contributed by atoms with Gasteiger partial charge in [-0.25, -0.2) is 28.1 Å². The Kier molecular flexibility index (Phi) is 6.81. The van der Waals surface area contributed by atoms with Gasteiger partial charge in [-0.15, -0.1) is 11.3 Å². The molecule has 0 atom stereocenters. The van der Waals surface area contributed by atoms with Crippen LogP contribution in [0.15, 0.2) is 53.6 Å². The molecule has 0 saturated heterocycles. The largest absolute Gasteiger partial charge is 0.357 e. The lowest BCUT2D eigenvalue weighted by Crippen LogP contribution is -2.10. The third kappa shape index (κ3) is 4.88. The summed E-state index contributed by atoms with van der Waals surface area (Å²) in [6, 6.07) is 10.1. The standard InChI is InChI=1S/C24H22F3N5S2/c1-24(2,3)22-31-19(21(33-22)17-11-12-29-23(28-4)30-17)13-7-5-10-16(18(13)27)32-34-20-14(25)8-6-9-15(20)26/h5-12,32H,1-4H3,(H,28,29,30). The molecule has 0 aliphatic carbocycles. The summed E-state index contributed by atoms with van der Waals surface area (Å²) < 4.78 is 46.4. The van der Waals surface area contributed by atoms with Crippen LogP contribution in [0.5, 0.6) is 0 Å². The maximum absolute atomic E-state index is 15.7. The molecule has 2 heterocycles. The molecule has 4 aromatic rings. The van der Waals surface area contributed by atoms with Crippen LogP contribution in [-0.2, 0) is 5.41 Å². The van der Waals surface area contributed by atoms with Crippen LogP contribution in [0.25, 0.3) is 21.8 Å². The zero-order valence-corrected chi connectivity index (χ0v) is 20.5. The zero-order valence-electron chi connectivity index (χ0n) is 18.9. The van der Waals surface area contributed by atoms with E-state index >= 15 is 4.39 Å². The highest BCUT2D eigenvalue weighted by molar-refractivity contribution is 8.00. The highest BCUT2D eigenvalue weighted by Gasteiger charge is 2.26. The van der Waals surface area contributed by atoms with E-state index in [1.807, 2.05) is 20.8 Å². The first-order chi connectivity index (χ1) is 16.2. The molecule has 4 rings (SSSR count). The molecule has 2 aromatic heterocycles. The maximum Gasteiger partial charge on any atom is 0.222 e. The Bertz CT molecular complexity index is 1310. The molecule has 2 N–H and O–H groups in total. The second kappa shape index (κ2) is 9.63. The lowest BCUT2D eigenvalue weighted by atomic mass is 9.98. The summed E-state index contributed by atoms with van der Waals surface area (Å²) in [6.45, 7) is 6.10. The van der Waals surface area contributed by atoms with Gasteiger partial charge in [-0.1, -0.05) is 32.9 Å². The zero-order chi connectivity index (χ0) is 24.5. The minimum absolute atomic E-state index is 0.0833. The van der Waals surface area contributed by atoms with Crippen LogP contribution in [0.4, 0.5) is 24.8 Å². The molecule has 34 heavy (non-hydrogen) atoms. The molecule has 0 amide bonds. The maximum atomic E-state index is 15.7. The van der Waals surface area contributed by atoms with Crippen LogP contribution in [0.3, 0.4) is 0 Å². The van der Waals surface area contributed by atoms with Gasteiger partial charge in [0, 0.05) is 24.2 Å². The van der Waals surface area contributed by atoms with Crippen LogP contribution in [0.1, 0.15) is 25.8 Å². The van der Waals surface area contributed by atoms with Crippen molar-refractivity contribution in [2.24, 2.45) is 0 Å². The van der Waals surface area contributed by atoms with Crippen LogP contribution >= 0.6 is 23.3 Å². The lowest BCUT2D eigenvalue weighted by Gasteiger charge is -2.13. The van der Waals surface area contributed by atoms with E-state index in [0.29, 0.717) is 34.2 Å². The fraction of sp³-hybridized carbons (Fsp3) is 0.208. The second-order valence-corrected chi connectivity index (χ2v) is 10.2. The first-order valence-corrected chi connectivity index (χ1v) is 12.0. The van der Waals surface area contributed by atoms with Gasteiger partial charge in [0.2, 0.25) is 5.95 Å². The first kappa shape index (κ1) is 24.0. The first-order valence-electron chi connectivity index (χ1n) is 10.4. The second-order valence-electron chi connectivity index (χ2n) is 8.38. The Morgan fingerprint density at radius 2 is 1.65 bits per heavy atom.